The summed E-state index contributed by atoms with van der Waals surface area (Å²) >= 11 is 5.94. The highest BCUT2D eigenvalue weighted by Crippen LogP contribution is 2.31. The van der Waals surface area contributed by atoms with Gasteiger partial charge in [-0.3, -0.25) is 0 Å². The number of esters is 1. The summed E-state index contributed by atoms with van der Waals surface area (Å²) in [5.41, 5.74) is 5.22. The van der Waals surface area contributed by atoms with E-state index in [2.05, 4.69) is 4.74 Å². The molecule has 0 bridgehead atoms. The maximum Gasteiger partial charge on any atom is 0.330 e. The van der Waals surface area contributed by atoms with Crippen molar-refractivity contribution in [2.24, 2.45) is 5.73 Å². The predicted molar refractivity (Wildman–Crippen MR) is 90.9 cm³/mol. The Hall–Kier alpha value is -2.02. The molecule has 1 saturated heterocycles. The molecule has 25 heavy (non-hydrogen) atoms. The summed E-state index contributed by atoms with van der Waals surface area (Å²) in [6.45, 7) is -0.751. The summed E-state index contributed by atoms with van der Waals surface area (Å²) in [6, 6.07) is 5.44. The van der Waals surface area contributed by atoms with Gasteiger partial charge in [0, 0.05) is 6.54 Å². The van der Waals surface area contributed by atoms with E-state index in [1.165, 1.54) is 18.2 Å². The van der Waals surface area contributed by atoms with E-state index in [0.29, 0.717) is 0 Å². The zero-order valence-electron chi connectivity index (χ0n) is 12.8. The van der Waals surface area contributed by atoms with E-state index in [9.17, 15) is 18.0 Å². The molecule has 1 aliphatic rings. The molecule has 0 unspecified atom stereocenters. The Morgan fingerprint density at radius 3 is 2.60 bits per heavy atom. The van der Waals surface area contributed by atoms with Gasteiger partial charge in [0.15, 0.2) is 16.4 Å². The van der Waals surface area contributed by atoms with E-state index < -0.39 is 39.7 Å². The number of nitriles is 1. The molecule has 0 spiro atoms. The van der Waals surface area contributed by atoms with Crippen molar-refractivity contribution in [1.29, 1.82) is 5.26 Å². The summed E-state index contributed by atoms with van der Waals surface area (Å²) < 4.78 is 30.2. The van der Waals surface area contributed by atoms with Gasteiger partial charge in [0.25, 0.3) is 0 Å². The van der Waals surface area contributed by atoms with Gasteiger partial charge in [0.2, 0.25) is 0 Å². The molecular weight excluding hydrogens is 393 g/mol. The molecule has 1 aromatic rings. The minimum Gasteiger partial charge on any atom is -0.449 e. The number of rotatable bonds is 4. The number of carbonyl (C=O) groups excluding carboxylic acids is 2. The molecule has 8 nitrogen and oxygen atoms in total. The monoisotopic (exact) mass is 407 g/mol. The number of urea groups is 1. The smallest absolute Gasteiger partial charge is 0.330 e. The number of halogens is 2. The maximum atomic E-state index is 12.7. The largest absolute Gasteiger partial charge is 0.449 e. The van der Waals surface area contributed by atoms with Crippen LogP contribution in [-0.2, 0) is 19.4 Å². The maximum absolute atomic E-state index is 12.7. The molecule has 2 rings (SSSR count). The van der Waals surface area contributed by atoms with Crippen LogP contribution < -0.4 is 5.73 Å². The molecule has 0 aromatic heterocycles. The lowest BCUT2D eigenvalue weighted by atomic mass is 10.2. The number of ether oxygens (including phenoxy) is 1. The number of benzene rings is 1. The molecule has 1 aliphatic heterocycles. The molecule has 1 heterocycles. The highest BCUT2D eigenvalue weighted by Gasteiger charge is 2.46. The van der Waals surface area contributed by atoms with Gasteiger partial charge >= 0.3 is 12.0 Å². The molecule has 0 saturated carbocycles. The standard InChI is InChI=1S/C14H14ClN3O5S.ClH/c15-10-3-1-2-4-12(10)24(21,22)9-7-11(13(19)23-6-5-16)18(8-9)14(17)20;/h1-4,9,11H,6-8H2,(H2,17,20);1H/t9-,11+;/m1./s1. The summed E-state index contributed by atoms with van der Waals surface area (Å²) in [4.78, 5) is 24.3. The number of hydrogen-bond donors (Lipinski definition) is 1. The van der Waals surface area contributed by atoms with Crippen molar-refractivity contribution >= 4 is 45.8 Å². The second-order valence-corrected chi connectivity index (χ2v) is 7.71. The van der Waals surface area contributed by atoms with Gasteiger partial charge in [-0.25, -0.2) is 18.0 Å². The second-order valence-electron chi connectivity index (χ2n) is 5.11. The first-order valence-electron chi connectivity index (χ1n) is 6.87. The Kier molecular flexibility index (Phi) is 7.05. The van der Waals surface area contributed by atoms with Crippen LogP contribution in [0.1, 0.15) is 6.42 Å². The van der Waals surface area contributed by atoms with E-state index in [-0.39, 0.29) is 35.3 Å². The van der Waals surface area contributed by atoms with Gasteiger partial charge in [0.05, 0.1) is 15.2 Å². The topological polar surface area (TPSA) is 131 Å². The number of nitrogens with zero attached hydrogens (tertiary/aromatic N) is 2. The number of sulfone groups is 1. The summed E-state index contributed by atoms with van der Waals surface area (Å²) in [7, 11) is -3.88. The Bertz CT molecular complexity index is 809. The van der Waals surface area contributed by atoms with Gasteiger partial charge < -0.3 is 15.4 Å². The van der Waals surface area contributed by atoms with Gasteiger partial charge in [-0.2, -0.15) is 5.26 Å². The summed E-state index contributed by atoms with van der Waals surface area (Å²) in [5, 5.41) is 7.45. The van der Waals surface area contributed by atoms with Gasteiger partial charge in [-0.1, -0.05) is 23.7 Å². The fourth-order valence-corrected chi connectivity index (χ4v) is 4.76. The van der Waals surface area contributed by atoms with Gasteiger partial charge in [-0.05, 0) is 18.6 Å². The van der Waals surface area contributed by atoms with Crippen LogP contribution in [0.3, 0.4) is 0 Å². The van der Waals surface area contributed by atoms with E-state index in [4.69, 9.17) is 22.6 Å². The Morgan fingerprint density at radius 1 is 1.40 bits per heavy atom. The SMILES string of the molecule is Cl.N#CCOC(=O)[C@@H]1C[C@@H](S(=O)(=O)c2ccccc2Cl)CN1C(N)=O. The fourth-order valence-electron chi connectivity index (χ4n) is 2.54. The van der Waals surface area contributed by atoms with Crippen LogP contribution in [0.2, 0.25) is 5.02 Å². The first-order chi connectivity index (χ1) is 11.3. The molecule has 0 radical (unpaired) electrons. The lowest BCUT2D eigenvalue weighted by Gasteiger charge is -2.20. The number of hydrogen-bond acceptors (Lipinski definition) is 6. The Labute approximate surface area is 155 Å². The Balaban J connectivity index is 0.00000312. The normalized spacial score (nSPS) is 19.6. The fraction of sp³-hybridized carbons (Fsp3) is 0.357. The van der Waals surface area contributed by atoms with Crippen LogP contribution in [0.15, 0.2) is 29.2 Å². The van der Waals surface area contributed by atoms with Crippen LogP contribution in [0, 0.1) is 11.3 Å². The first-order valence-corrected chi connectivity index (χ1v) is 8.79. The average molecular weight is 408 g/mol. The second kappa shape index (κ2) is 8.38. The van der Waals surface area contributed by atoms with Crippen LogP contribution in [0.4, 0.5) is 4.79 Å². The van der Waals surface area contributed by atoms with E-state index in [0.717, 1.165) is 4.90 Å². The van der Waals surface area contributed by atoms with Crippen molar-refractivity contribution in [1.82, 2.24) is 4.90 Å². The lowest BCUT2D eigenvalue weighted by molar-refractivity contribution is -0.146. The van der Waals surface area contributed by atoms with Crippen molar-refractivity contribution in [2.45, 2.75) is 22.6 Å². The number of likely N-dealkylation sites (tertiary alicyclic amines) is 1. The van der Waals surface area contributed by atoms with Crippen molar-refractivity contribution in [3.63, 3.8) is 0 Å². The molecule has 2 atom stereocenters. The molecule has 11 heteroatoms. The molecule has 0 aliphatic carbocycles. The zero-order valence-corrected chi connectivity index (χ0v) is 15.2. The van der Waals surface area contributed by atoms with E-state index >= 15 is 0 Å². The first kappa shape index (κ1) is 21.0. The quantitative estimate of drug-likeness (QED) is 0.743. The molecule has 1 fully saturated rings. The Morgan fingerprint density at radius 2 is 2.04 bits per heavy atom. The average Bonchev–Trinajstić information content (AvgIpc) is 2.99. The van der Waals surface area contributed by atoms with Crippen molar-refractivity contribution in [2.75, 3.05) is 13.2 Å². The summed E-state index contributed by atoms with van der Waals surface area (Å²) in [5.74, 6) is -0.868. The van der Waals surface area contributed by atoms with Crippen LogP contribution in [-0.4, -0.2) is 49.8 Å². The molecule has 136 valence electrons. The zero-order chi connectivity index (χ0) is 17.9. The minimum absolute atomic E-state index is 0. The van der Waals surface area contributed by atoms with Crippen LogP contribution in [0.25, 0.3) is 0 Å². The highest BCUT2D eigenvalue weighted by molar-refractivity contribution is 7.92. The number of nitrogens with two attached hydrogens (primary N) is 1. The predicted octanol–water partition coefficient (Wildman–Crippen LogP) is 1.12. The van der Waals surface area contributed by atoms with Crippen molar-refractivity contribution in [3.8, 4) is 6.07 Å². The van der Waals surface area contributed by atoms with Crippen LogP contribution in [0.5, 0.6) is 0 Å². The third-order valence-electron chi connectivity index (χ3n) is 3.68. The van der Waals surface area contributed by atoms with E-state index in [1.807, 2.05) is 0 Å². The lowest BCUT2D eigenvalue weighted by Crippen LogP contribution is -2.44. The molecule has 2 N–H and O–H groups in total. The van der Waals surface area contributed by atoms with Crippen LogP contribution >= 0.6 is 24.0 Å². The number of amides is 2. The van der Waals surface area contributed by atoms with Crippen molar-refractivity contribution in [3.05, 3.63) is 29.3 Å². The molecule has 1 aromatic carbocycles. The van der Waals surface area contributed by atoms with Gasteiger partial charge in [-0.15, -0.1) is 12.4 Å². The third kappa shape index (κ3) is 4.34. The van der Waals surface area contributed by atoms with Crippen molar-refractivity contribution < 1.29 is 22.7 Å². The number of carbonyl (C=O) groups is 2. The summed E-state index contributed by atoms with van der Waals surface area (Å²) in [6.07, 6.45) is -0.180. The molecule has 2 amide bonds. The molecular formula is C14H15Cl2N3O5S. The highest BCUT2D eigenvalue weighted by atomic mass is 35.5. The number of primary amides is 1. The third-order valence-corrected chi connectivity index (χ3v) is 6.31. The minimum atomic E-state index is -3.88. The van der Waals surface area contributed by atoms with Gasteiger partial charge in [0.1, 0.15) is 12.1 Å². The van der Waals surface area contributed by atoms with E-state index in [1.54, 1.807) is 12.1 Å².